The van der Waals surface area contributed by atoms with Gasteiger partial charge in [0.05, 0.1) is 6.61 Å². The van der Waals surface area contributed by atoms with Gasteiger partial charge >= 0.3 is 0 Å². The van der Waals surface area contributed by atoms with Crippen LogP contribution in [-0.2, 0) is 4.79 Å². The largest absolute Gasteiger partial charge is 0.395 e. The molecule has 104 valence electrons. The molecule has 4 nitrogen and oxygen atoms in total. The second-order valence-corrected chi connectivity index (χ2v) is 5.83. The van der Waals surface area contributed by atoms with Crippen molar-refractivity contribution in [3.63, 3.8) is 0 Å². The van der Waals surface area contributed by atoms with Gasteiger partial charge in [-0.05, 0) is 50.6 Å². The fraction of sp³-hybridized carbons (Fsp3) is 0.929. The molecule has 1 saturated carbocycles. The lowest BCUT2D eigenvalue weighted by Crippen LogP contribution is -2.39. The Balaban J connectivity index is 1.80. The zero-order chi connectivity index (χ0) is 13.0. The summed E-state index contributed by atoms with van der Waals surface area (Å²) >= 11 is 0. The van der Waals surface area contributed by atoms with E-state index in [1.165, 1.54) is 12.8 Å². The molecule has 4 heteroatoms. The van der Waals surface area contributed by atoms with E-state index in [0.717, 1.165) is 25.9 Å². The van der Waals surface area contributed by atoms with Crippen molar-refractivity contribution in [2.24, 2.45) is 11.8 Å². The Hall–Kier alpha value is -0.610. The zero-order valence-corrected chi connectivity index (χ0v) is 11.4. The quantitative estimate of drug-likeness (QED) is 0.743. The first kappa shape index (κ1) is 13.8. The van der Waals surface area contributed by atoms with Gasteiger partial charge < -0.3 is 15.3 Å². The van der Waals surface area contributed by atoms with Crippen molar-refractivity contribution in [1.82, 2.24) is 10.2 Å². The van der Waals surface area contributed by atoms with Gasteiger partial charge in [0.25, 0.3) is 0 Å². The number of piperidine rings is 1. The molecule has 2 fully saturated rings. The molecule has 0 radical (unpaired) electrons. The maximum atomic E-state index is 12.3. The average molecular weight is 254 g/mol. The van der Waals surface area contributed by atoms with Gasteiger partial charge in [-0.3, -0.25) is 4.79 Å². The molecule has 1 aliphatic carbocycles. The SMILES string of the molecule is CC(CC(=O)N(CCO)C1CC1)C1CCCNC1. The molecular weight excluding hydrogens is 228 g/mol. The number of nitrogens with zero attached hydrogens (tertiary/aromatic N) is 1. The summed E-state index contributed by atoms with van der Waals surface area (Å²) in [7, 11) is 0. The van der Waals surface area contributed by atoms with Crippen molar-refractivity contribution in [1.29, 1.82) is 0 Å². The highest BCUT2D eigenvalue weighted by atomic mass is 16.3. The highest BCUT2D eigenvalue weighted by Gasteiger charge is 2.33. The van der Waals surface area contributed by atoms with Gasteiger partial charge in [-0.2, -0.15) is 0 Å². The van der Waals surface area contributed by atoms with Crippen molar-refractivity contribution in [3.8, 4) is 0 Å². The minimum Gasteiger partial charge on any atom is -0.395 e. The summed E-state index contributed by atoms with van der Waals surface area (Å²) in [4.78, 5) is 14.2. The molecule has 0 aromatic heterocycles. The molecule has 2 unspecified atom stereocenters. The van der Waals surface area contributed by atoms with Crippen LogP contribution in [0.1, 0.15) is 39.0 Å². The predicted octanol–water partition coefficient (Wildman–Crippen LogP) is 0.995. The number of amides is 1. The van der Waals surface area contributed by atoms with Crippen LogP contribution < -0.4 is 5.32 Å². The predicted molar refractivity (Wildman–Crippen MR) is 71.2 cm³/mol. The van der Waals surface area contributed by atoms with Gasteiger partial charge in [0.15, 0.2) is 0 Å². The lowest BCUT2D eigenvalue weighted by Gasteiger charge is -2.30. The lowest BCUT2D eigenvalue weighted by molar-refractivity contribution is -0.133. The van der Waals surface area contributed by atoms with E-state index in [1.54, 1.807) is 0 Å². The Kier molecular flexibility index (Phi) is 5.01. The van der Waals surface area contributed by atoms with Crippen LogP contribution in [-0.4, -0.2) is 48.2 Å². The third kappa shape index (κ3) is 3.69. The van der Waals surface area contributed by atoms with Crippen LogP contribution in [0.3, 0.4) is 0 Å². The molecule has 2 rings (SSSR count). The molecule has 2 N–H and O–H groups in total. The standard InChI is InChI=1S/C14H26N2O2/c1-11(12-3-2-6-15-10-12)9-14(18)16(7-8-17)13-4-5-13/h11-13,15,17H,2-10H2,1H3. The molecule has 0 bridgehead atoms. The number of carbonyl (C=O) groups excluding carboxylic acids is 1. The first-order valence-electron chi connectivity index (χ1n) is 7.33. The van der Waals surface area contributed by atoms with E-state index in [4.69, 9.17) is 5.11 Å². The number of rotatable bonds is 6. The summed E-state index contributed by atoms with van der Waals surface area (Å²) in [6.45, 7) is 4.97. The van der Waals surface area contributed by atoms with Crippen LogP contribution in [0.2, 0.25) is 0 Å². The van der Waals surface area contributed by atoms with Gasteiger partial charge in [-0.15, -0.1) is 0 Å². The Morgan fingerprint density at radius 1 is 1.44 bits per heavy atom. The van der Waals surface area contributed by atoms with Crippen molar-refractivity contribution in [3.05, 3.63) is 0 Å². The van der Waals surface area contributed by atoms with Crippen molar-refractivity contribution < 1.29 is 9.90 Å². The highest BCUT2D eigenvalue weighted by Crippen LogP contribution is 2.29. The van der Waals surface area contributed by atoms with Crippen LogP contribution in [0.5, 0.6) is 0 Å². The molecule has 1 saturated heterocycles. The van der Waals surface area contributed by atoms with Crippen LogP contribution in [0.25, 0.3) is 0 Å². The Labute approximate surface area is 110 Å². The first-order valence-corrected chi connectivity index (χ1v) is 7.33. The van der Waals surface area contributed by atoms with Crippen LogP contribution in [0.15, 0.2) is 0 Å². The Morgan fingerprint density at radius 2 is 2.22 bits per heavy atom. The molecular formula is C14H26N2O2. The van der Waals surface area contributed by atoms with Gasteiger partial charge in [-0.25, -0.2) is 0 Å². The monoisotopic (exact) mass is 254 g/mol. The summed E-state index contributed by atoms with van der Waals surface area (Å²) in [5.41, 5.74) is 0. The van der Waals surface area contributed by atoms with E-state index in [0.29, 0.717) is 30.8 Å². The Morgan fingerprint density at radius 3 is 2.78 bits per heavy atom. The van der Waals surface area contributed by atoms with Crippen molar-refractivity contribution >= 4 is 5.91 Å². The van der Waals surface area contributed by atoms with Crippen LogP contribution >= 0.6 is 0 Å². The second-order valence-electron chi connectivity index (χ2n) is 5.83. The van der Waals surface area contributed by atoms with Crippen LogP contribution in [0.4, 0.5) is 0 Å². The zero-order valence-electron chi connectivity index (χ0n) is 11.4. The number of aliphatic hydroxyl groups excluding tert-OH is 1. The molecule has 1 amide bonds. The Bertz CT molecular complexity index is 273. The van der Waals surface area contributed by atoms with Gasteiger partial charge in [0, 0.05) is 19.0 Å². The number of nitrogens with one attached hydrogen (secondary N) is 1. The van der Waals surface area contributed by atoms with Crippen molar-refractivity contribution in [2.45, 2.75) is 45.1 Å². The number of hydrogen-bond acceptors (Lipinski definition) is 3. The van der Waals surface area contributed by atoms with E-state index >= 15 is 0 Å². The van der Waals surface area contributed by atoms with E-state index in [-0.39, 0.29) is 12.5 Å². The highest BCUT2D eigenvalue weighted by molar-refractivity contribution is 5.77. The molecule has 0 aromatic rings. The van der Waals surface area contributed by atoms with E-state index < -0.39 is 0 Å². The fourth-order valence-electron chi connectivity index (χ4n) is 2.93. The molecule has 18 heavy (non-hydrogen) atoms. The molecule has 2 aliphatic rings. The maximum absolute atomic E-state index is 12.3. The first-order chi connectivity index (χ1) is 8.72. The third-order valence-electron chi connectivity index (χ3n) is 4.29. The smallest absolute Gasteiger partial charge is 0.223 e. The minimum atomic E-state index is 0.0849. The molecule has 1 heterocycles. The normalized spacial score (nSPS) is 25.8. The molecule has 2 atom stereocenters. The van der Waals surface area contributed by atoms with E-state index in [9.17, 15) is 4.79 Å². The maximum Gasteiger partial charge on any atom is 0.223 e. The van der Waals surface area contributed by atoms with Gasteiger partial charge in [0.1, 0.15) is 0 Å². The summed E-state index contributed by atoms with van der Waals surface area (Å²) in [6.07, 6.45) is 5.34. The topological polar surface area (TPSA) is 52.6 Å². The second kappa shape index (κ2) is 6.53. The lowest BCUT2D eigenvalue weighted by atomic mass is 9.85. The van der Waals surface area contributed by atoms with Crippen molar-refractivity contribution in [2.75, 3.05) is 26.2 Å². The average Bonchev–Trinajstić information content (AvgIpc) is 3.21. The minimum absolute atomic E-state index is 0.0849. The summed E-state index contributed by atoms with van der Waals surface area (Å²) in [5.74, 6) is 1.33. The van der Waals surface area contributed by atoms with E-state index in [1.807, 2.05) is 4.90 Å². The van der Waals surface area contributed by atoms with Gasteiger partial charge in [-0.1, -0.05) is 6.92 Å². The summed E-state index contributed by atoms with van der Waals surface area (Å²) in [6, 6.07) is 0.418. The number of aliphatic hydroxyl groups is 1. The molecule has 0 spiro atoms. The number of carbonyl (C=O) groups is 1. The number of hydrogen-bond donors (Lipinski definition) is 2. The third-order valence-corrected chi connectivity index (χ3v) is 4.29. The summed E-state index contributed by atoms with van der Waals surface area (Å²) < 4.78 is 0. The fourth-order valence-corrected chi connectivity index (χ4v) is 2.93. The van der Waals surface area contributed by atoms with Crippen LogP contribution in [0, 0.1) is 11.8 Å². The molecule has 1 aliphatic heterocycles. The summed E-state index contributed by atoms with van der Waals surface area (Å²) in [5, 5.41) is 12.5. The molecule has 0 aromatic carbocycles. The van der Waals surface area contributed by atoms with Gasteiger partial charge in [0.2, 0.25) is 5.91 Å². The van der Waals surface area contributed by atoms with E-state index in [2.05, 4.69) is 12.2 Å².